The largest absolute Gasteiger partial charge is 0.486 e. The van der Waals surface area contributed by atoms with Gasteiger partial charge in [-0.2, -0.15) is 0 Å². The highest BCUT2D eigenvalue weighted by atomic mass is 35.5. The van der Waals surface area contributed by atoms with Crippen LogP contribution in [0, 0.1) is 16.6 Å². The highest BCUT2D eigenvalue weighted by Gasteiger charge is 2.70. The first kappa shape index (κ1) is 21.2. The van der Waals surface area contributed by atoms with E-state index < -0.39 is 5.82 Å². The topological polar surface area (TPSA) is 59.2 Å². The van der Waals surface area contributed by atoms with Crippen molar-refractivity contribution in [1.29, 1.82) is 0 Å². The van der Waals surface area contributed by atoms with Gasteiger partial charge in [-0.1, -0.05) is 29.8 Å². The molecule has 2 aromatic carbocycles. The summed E-state index contributed by atoms with van der Waals surface area (Å²) in [5, 5.41) is 1.25. The number of aryl methyl sites for hydroxylation is 1. The lowest BCUT2D eigenvalue weighted by atomic mass is 9.33. The van der Waals surface area contributed by atoms with E-state index in [1.54, 1.807) is 6.07 Å². The van der Waals surface area contributed by atoms with Crippen molar-refractivity contribution in [3.05, 3.63) is 65.1 Å². The molecular weight excluding hydrogens is 429 g/mol. The molecule has 4 nitrogen and oxygen atoms in total. The number of para-hydroxylation sites is 1. The number of nitrogens with one attached hydrogen (secondary N) is 1. The van der Waals surface area contributed by atoms with Gasteiger partial charge in [0.15, 0.2) is 5.78 Å². The second kappa shape index (κ2) is 8.04. The molecule has 0 saturated heterocycles. The number of Topliss-reactive ketones (excluding diaryl/α,β-unsaturated/α-hetero) is 2. The van der Waals surface area contributed by atoms with E-state index in [1.165, 1.54) is 23.1 Å². The maximum Gasteiger partial charge on any atom is 0.170 e. The number of aromatic amines is 1. The molecule has 6 rings (SSSR count). The van der Waals surface area contributed by atoms with Crippen molar-refractivity contribution in [3.8, 4) is 5.75 Å². The zero-order valence-electron chi connectivity index (χ0n) is 17.8. The molecule has 166 valence electrons. The van der Waals surface area contributed by atoms with Gasteiger partial charge in [0.25, 0.3) is 0 Å². The van der Waals surface area contributed by atoms with Crippen molar-refractivity contribution in [3.63, 3.8) is 0 Å². The predicted octanol–water partition coefficient (Wildman–Crippen LogP) is 6.06. The second-order valence-electron chi connectivity index (χ2n) is 9.53. The van der Waals surface area contributed by atoms with E-state index in [0.717, 1.165) is 37.6 Å². The Kier molecular flexibility index (Phi) is 5.32. The summed E-state index contributed by atoms with van der Waals surface area (Å²) in [5.74, 6) is 0.0564. The Morgan fingerprint density at radius 1 is 1.12 bits per heavy atom. The smallest absolute Gasteiger partial charge is 0.170 e. The van der Waals surface area contributed by atoms with Crippen molar-refractivity contribution >= 4 is 34.1 Å². The lowest BCUT2D eigenvalue weighted by molar-refractivity contribution is -0.208. The van der Waals surface area contributed by atoms with Crippen LogP contribution in [0.3, 0.4) is 0 Å². The molecule has 3 aromatic rings. The normalized spacial score (nSPS) is 23.4. The van der Waals surface area contributed by atoms with Crippen LogP contribution >= 0.6 is 11.6 Å². The minimum absolute atomic E-state index is 0.0135. The van der Waals surface area contributed by atoms with E-state index in [4.69, 9.17) is 16.3 Å². The molecule has 1 N–H and O–H groups in total. The summed E-state index contributed by atoms with van der Waals surface area (Å²) < 4.78 is 18.9. The number of carbonyl (C=O) groups is 2. The molecule has 0 spiro atoms. The number of fused-ring (bicyclic) bond motifs is 1. The zero-order chi connectivity index (χ0) is 22.3. The molecule has 32 heavy (non-hydrogen) atoms. The lowest BCUT2D eigenvalue weighted by Crippen LogP contribution is -2.65. The quantitative estimate of drug-likeness (QED) is 0.406. The lowest BCUT2D eigenvalue weighted by Gasteiger charge is -2.70. The number of H-pyrrole nitrogens is 1. The average molecular weight is 454 g/mol. The third kappa shape index (κ3) is 3.83. The second-order valence-corrected chi connectivity index (χ2v) is 9.93. The SMILES string of the molecule is O=C(COc1ccc(Cl)c(F)c1)CC12CC(C(=O)CCCc3c[nH]c4ccccc34)(C1)C2. The number of hydrogen-bond acceptors (Lipinski definition) is 3. The van der Waals surface area contributed by atoms with E-state index in [0.29, 0.717) is 24.4 Å². The first-order valence-corrected chi connectivity index (χ1v) is 11.4. The molecule has 0 atom stereocenters. The first-order chi connectivity index (χ1) is 15.4. The molecule has 3 fully saturated rings. The van der Waals surface area contributed by atoms with Crippen molar-refractivity contribution in [2.24, 2.45) is 10.8 Å². The molecule has 0 amide bonds. The van der Waals surface area contributed by atoms with Crippen LogP contribution in [0.4, 0.5) is 4.39 Å². The van der Waals surface area contributed by atoms with Gasteiger partial charge in [-0.15, -0.1) is 0 Å². The highest BCUT2D eigenvalue weighted by Crippen LogP contribution is 2.75. The third-order valence-corrected chi connectivity index (χ3v) is 7.43. The Balaban J connectivity index is 1.05. The minimum Gasteiger partial charge on any atom is -0.486 e. The summed E-state index contributed by atoms with van der Waals surface area (Å²) in [4.78, 5) is 28.4. The Labute approximate surface area is 191 Å². The van der Waals surface area contributed by atoms with E-state index >= 15 is 0 Å². The average Bonchev–Trinajstić information content (AvgIpc) is 3.13. The van der Waals surface area contributed by atoms with Crippen LogP contribution in [0.1, 0.15) is 44.1 Å². The standard InChI is InChI=1S/C26H25ClFNO3/c27-21-9-8-19(10-22(21)28)32-13-18(30)11-25-14-26(15-25,16-25)24(31)7-3-4-17-12-29-23-6-2-1-5-20(17)23/h1-2,5-6,8-10,12,29H,3-4,7,11,13-16H2. The summed E-state index contributed by atoms with van der Waals surface area (Å²) in [5.41, 5.74) is 2.16. The molecule has 3 aliphatic carbocycles. The van der Waals surface area contributed by atoms with E-state index in [1.807, 2.05) is 18.3 Å². The van der Waals surface area contributed by atoms with E-state index in [2.05, 4.69) is 17.1 Å². The Morgan fingerprint density at radius 3 is 2.69 bits per heavy atom. The van der Waals surface area contributed by atoms with Gasteiger partial charge in [-0.25, -0.2) is 4.39 Å². The van der Waals surface area contributed by atoms with Gasteiger partial charge < -0.3 is 9.72 Å². The van der Waals surface area contributed by atoms with Crippen LogP contribution < -0.4 is 4.74 Å². The van der Waals surface area contributed by atoms with Gasteiger partial charge in [-0.05, 0) is 61.3 Å². The van der Waals surface area contributed by atoms with Gasteiger partial charge in [-0.3, -0.25) is 9.59 Å². The van der Waals surface area contributed by atoms with Crippen LogP contribution in [0.2, 0.25) is 5.02 Å². The minimum atomic E-state index is -0.568. The monoisotopic (exact) mass is 453 g/mol. The number of hydrogen-bond donors (Lipinski definition) is 1. The van der Waals surface area contributed by atoms with Crippen LogP contribution in [0.15, 0.2) is 48.7 Å². The van der Waals surface area contributed by atoms with E-state index in [9.17, 15) is 14.0 Å². The summed E-state index contributed by atoms with van der Waals surface area (Å²) >= 11 is 5.66. The fraction of sp³-hybridized carbons (Fsp3) is 0.385. The molecule has 6 heteroatoms. The van der Waals surface area contributed by atoms with E-state index in [-0.39, 0.29) is 28.2 Å². The molecule has 1 aromatic heterocycles. The number of carbonyl (C=O) groups excluding carboxylic acids is 2. The third-order valence-electron chi connectivity index (χ3n) is 7.12. The molecule has 0 unspecified atom stereocenters. The number of ketones is 2. The fourth-order valence-corrected chi connectivity index (χ4v) is 5.84. The van der Waals surface area contributed by atoms with Gasteiger partial charge in [0.05, 0.1) is 5.02 Å². The Hall–Kier alpha value is -2.66. The number of benzene rings is 2. The summed E-state index contributed by atoms with van der Waals surface area (Å²) in [6.07, 6.45) is 7.23. The maximum absolute atomic E-state index is 13.5. The molecule has 1 heterocycles. The van der Waals surface area contributed by atoms with Gasteiger partial charge in [0, 0.05) is 41.4 Å². The van der Waals surface area contributed by atoms with Crippen LogP contribution in [-0.4, -0.2) is 23.2 Å². The van der Waals surface area contributed by atoms with Crippen molar-refractivity contribution in [2.45, 2.75) is 44.9 Å². The van der Waals surface area contributed by atoms with Crippen molar-refractivity contribution in [2.75, 3.05) is 6.61 Å². The zero-order valence-corrected chi connectivity index (χ0v) is 18.5. The van der Waals surface area contributed by atoms with Gasteiger partial charge in [0.2, 0.25) is 0 Å². The van der Waals surface area contributed by atoms with Crippen LogP contribution in [0.5, 0.6) is 5.75 Å². The number of ether oxygens (including phenoxy) is 1. The molecule has 0 radical (unpaired) electrons. The predicted molar refractivity (Wildman–Crippen MR) is 121 cm³/mol. The highest BCUT2D eigenvalue weighted by molar-refractivity contribution is 6.30. The van der Waals surface area contributed by atoms with Crippen LogP contribution in [0.25, 0.3) is 10.9 Å². The Morgan fingerprint density at radius 2 is 1.91 bits per heavy atom. The van der Waals surface area contributed by atoms with Gasteiger partial charge in [0.1, 0.15) is 24.0 Å². The molecule has 0 aliphatic heterocycles. The number of rotatable bonds is 10. The summed E-state index contributed by atoms with van der Waals surface area (Å²) in [6, 6.07) is 12.4. The molecule has 2 bridgehead atoms. The van der Waals surface area contributed by atoms with Crippen molar-refractivity contribution < 1.29 is 18.7 Å². The number of aromatic nitrogens is 1. The molecule has 3 saturated carbocycles. The van der Waals surface area contributed by atoms with Crippen LogP contribution in [-0.2, 0) is 16.0 Å². The van der Waals surface area contributed by atoms with Crippen molar-refractivity contribution in [1.82, 2.24) is 4.98 Å². The molecular formula is C26H25ClFNO3. The Bertz CT molecular complexity index is 1180. The first-order valence-electron chi connectivity index (χ1n) is 11.1. The summed E-state index contributed by atoms with van der Waals surface area (Å²) in [7, 11) is 0. The molecule has 3 aliphatic rings. The summed E-state index contributed by atoms with van der Waals surface area (Å²) in [6.45, 7) is -0.0889. The van der Waals surface area contributed by atoms with Gasteiger partial charge >= 0.3 is 0 Å². The fourth-order valence-electron chi connectivity index (χ4n) is 5.72. The maximum atomic E-state index is 13.5. The number of halogens is 2.